The molecule has 1 aliphatic heterocycles. The van der Waals surface area contributed by atoms with Crippen molar-refractivity contribution in [3.8, 4) is 0 Å². The van der Waals surface area contributed by atoms with E-state index in [1.165, 1.54) is 17.4 Å². The molecule has 2 amide bonds. The number of piperazine rings is 1. The van der Waals surface area contributed by atoms with Crippen molar-refractivity contribution in [1.29, 1.82) is 0 Å². The van der Waals surface area contributed by atoms with Crippen LogP contribution in [-0.4, -0.2) is 57.8 Å². The largest absolute Gasteiger partial charge is 0.335 e. The SMILES string of the molecule is Cc1nc(C)c2c(C)c(C(=O)N3CCN(C(=O)c4ccc(F)c(F)c4)CC3)sc2n1. The van der Waals surface area contributed by atoms with Crippen LogP contribution in [0.15, 0.2) is 18.2 Å². The summed E-state index contributed by atoms with van der Waals surface area (Å²) >= 11 is 1.36. The average Bonchev–Trinajstić information content (AvgIpc) is 3.05. The lowest BCUT2D eigenvalue weighted by molar-refractivity contribution is 0.0537. The quantitative estimate of drug-likeness (QED) is 0.624. The topological polar surface area (TPSA) is 66.4 Å². The Balaban J connectivity index is 1.49. The number of benzene rings is 1. The van der Waals surface area contributed by atoms with Crippen molar-refractivity contribution in [2.45, 2.75) is 20.8 Å². The molecule has 1 fully saturated rings. The Hall–Kier alpha value is -2.94. The molecular formula is C21H20F2N4O2S. The van der Waals surface area contributed by atoms with E-state index in [1.54, 1.807) is 9.80 Å². The zero-order chi connectivity index (χ0) is 21.6. The first-order chi connectivity index (χ1) is 14.3. The van der Waals surface area contributed by atoms with Crippen molar-refractivity contribution in [2.24, 2.45) is 0 Å². The lowest BCUT2D eigenvalue weighted by Gasteiger charge is -2.34. The predicted octanol–water partition coefficient (Wildman–Crippen LogP) is 3.49. The lowest BCUT2D eigenvalue weighted by atomic mass is 10.1. The third-order valence-corrected chi connectivity index (χ3v) is 6.47. The number of carbonyl (C=O) groups excluding carboxylic acids is 2. The van der Waals surface area contributed by atoms with Crippen LogP contribution in [0.25, 0.3) is 10.2 Å². The molecule has 1 aromatic carbocycles. The molecule has 156 valence electrons. The maximum absolute atomic E-state index is 13.4. The molecule has 3 aromatic rings. The van der Waals surface area contributed by atoms with E-state index in [9.17, 15) is 18.4 Å². The van der Waals surface area contributed by atoms with E-state index in [0.717, 1.165) is 33.6 Å². The molecule has 4 rings (SSSR count). The normalized spacial score (nSPS) is 14.4. The smallest absolute Gasteiger partial charge is 0.264 e. The minimum atomic E-state index is -1.05. The molecule has 0 spiro atoms. The Morgan fingerprint density at radius 1 is 0.933 bits per heavy atom. The summed E-state index contributed by atoms with van der Waals surface area (Å²) in [6.07, 6.45) is 0. The van der Waals surface area contributed by atoms with Crippen LogP contribution in [0.3, 0.4) is 0 Å². The van der Waals surface area contributed by atoms with Crippen LogP contribution in [-0.2, 0) is 0 Å². The fourth-order valence-corrected chi connectivity index (χ4v) is 4.99. The summed E-state index contributed by atoms with van der Waals surface area (Å²) in [5.74, 6) is -1.84. The number of rotatable bonds is 2. The summed E-state index contributed by atoms with van der Waals surface area (Å²) in [4.78, 5) is 39.2. The van der Waals surface area contributed by atoms with Gasteiger partial charge < -0.3 is 9.80 Å². The van der Waals surface area contributed by atoms with Crippen LogP contribution >= 0.6 is 11.3 Å². The second-order valence-corrected chi connectivity index (χ2v) is 8.30. The van der Waals surface area contributed by atoms with Gasteiger partial charge in [0.25, 0.3) is 11.8 Å². The van der Waals surface area contributed by atoms with E-state index in [4.69, 9.17) is 0 Å². The van der Waals surface area contributed by atoms with E-state index in [-0.39, 0.29) is 17.4 Å². The summed E-state index contributed by atoms with van der Waals surface area (Å²) in [6.45, 7) is 7.02. The standard InChI is InChI=1S/C21H20F2N4O2S/c1-11-17-12(2)24-13(3)25-19(17)30-18(11)21(29)27-8-6-26(7-9-27)20(28)14-4-5-15(22)16(23)10-14/h4-5,10H,6-9H2,1-3H3. The van der Waals surface area contributed by atoms with E-state index in [0.29, 0.717) is 36.9 Å². The van der Waals surface area contributed by atoms with Gasteiger partial charge in [-0.3, -0.25) is 9.59 Å². The van der Waals surface area contributed by atoms with E-state index in [1.807, 2.05) is 20.8 Å². The Labute approximate surface area is 176 Å². The van der Waals surface area contributed by atoms with E-state index in [2.05, 4.69) is 9.97 Å². The Morgan fingerprint density at radius 3 is 2.20 bits per heavy atom. The Morgan fingerprint density at radius 2 is 1.57 bits per heavy atom. The number of aryl methyl sites for hydroxylation is 3. The zero-order valence-electron chi connectivity index (χ0n) is 16.8. The number of hydrogen-bond acceptors (Lipinski definition) is 5. The zero-order valence-corrected chi connectivity index (χ0v) is 17.6. The minimum Gasteiger partial charge on any atom is -0.335 e. The molecule has 1 saturated heterocycles. The van der Waals surface area contributed by atoms with Gasteiger partial charge in [0.15, 0.2) is 11.6 Å². The van der Waals surface area contributed by atoms with Crippen LogP contribution in [0.1, 0.15) is 37.1 Å². The van der Waals surface area contributed by atoms with Gasteiger partial charge in [0.05, 0.1) is 4.88 Å². The minimum absolute atomic E-state index is 0.0903. The second kappa shape index (κ2) is 7.71. The maximum Gasteiger partial charge on any atom is 0.264 e. The predicted molar refractivity (Wildman–Crippen MR) is 110 cm³/mol. The highest BCUT2D eigenvalue weighted by Crippen LogP contribution is 2.32. The highest BCUT2D eigenvalue weighted by molar-refractivity contribution is 7.20. The van der Waals surface area contributed by atoms with Gasteiger partial charge in [-0.25, -0.2) is 18.7 Å². The number of fused-ring (bicyclic) bond motifs is 1. The molecule has 30 heavy (non-hydrogen) atoms. The number of amides is 2. The van der Waals surface area contributed by atoms with Gasteiger partial charge in [-0.05, 0) is 44.5 Å². The van der Waals surface area contributed by atoms with Gasteiger partial charge in [0.2, 0.25) is 0 Å². The van der Waals surface area contributed by atoms with Crippen molar-refractivity contribution >= 4 is 33.4 Å². The number of thiophene rings is 1. The summed E-state index contributed by atoms with van der Waals surface area (Å²) in [7, 11) is 0. The van der Waals surface area contributed by atoms with Crippen molar-refractivity contribution in [2.75, 3.05) is 26.2 Å². The summed E-state index contributed by atoms with van der Waals surface area (Å²) < 4.78 is 26.5. The molecule has 1 aliphatic rings. The third-order valence-electron chi connectivity index (χ3n) is 5.30. The third kappa shape index (κ3) is 3.54. The molecular weight excluding hydrogens is 410 g/mol. The molecule has 0 saturated carbocycles. The van der Waals surface area contributed by atoms with Gasteiger partial charge in [-0.2, -0.15) is 0 Å². The second-order valence-electron chi connectivity index (χ2n) is 7.31. The van der Waals surface area contributed by atoms with Gasteiger partial charge >= 0.3 is 0 Å². The molecule has 0 radical (unpaired) electrons. The Bertz CT molecular complexity index is 1170. The Kier molecular flexibility index (Phi) is 5.23. The van der Waals surface area contributed by atoms with Gasteiger partial charge in [-0.15, -0.1) is 11.3 Å². The highest BCUT2D eigenvalue weighted by atomic mass is 32.1. The number of nitrogens with zero attached hydrogens (tertiary/aromatic N) is 4. The first kappa shape index (κ1) is 20.3. The molecule has 6 nitrogen and oxygen atoms in total. The summed E-state index contributed by atoms with van der Waals surface area (Å²) in [5, 5.41) is 0.918. The molecule has 3 heterocycles. The number of hydrogen-bond donors (Lipinski definition) is 0. The molecule has 0 bridgehead atoms. The molecule has 2 aromatic heterocycles. The number of halogens is 2. The van der Waals surface area contributed by atoms with Crippen LogP contribution in [0.2, 0.25) is 0 Å². The monoisotopic (exact) mass is 430 g/mol. The molecule has 0 atom stereocenters. The van der Waals surface area contributed by atoms with Crippen molar-refractivity contribution in [3.63, 3.8) is 0 Å². The first-order valence-electron chi connectivity index (χ1n) is 9.54. The first-order valence-corrected chi connectivity index (χ1v) is 10.4. The van der Waals surface area contributed by atoms with Crippen LogP contribution < -0.4 is 0 Å². The van der Waals surface area contributed by atoms with Gasteiger partial charge in [0.1, 0.15) is 10.7 Å². The maximum atomic E-state index is 13.4. The lowest BCUT2D eigenvalue weighted by Crippen LogP contribution is -2.50. The molecule has 9 heteroatoms. The van der Waals surface area contributed by atoms with Crippen LogP contribution in [0, 0.1) is 32.4 Å². The summed E-state index contributed by atoms with van der Waals surface area (Å²) in [6, 6.07) is 3.12. The molecule has 0 unspecified atom stereocenters. The fraction of sp³-hybridized carbons (Fsp3) is 0.333. The van der Waals surface area contributed by atoms with Crippen molar-refractivity contribution < 1.29 is 18.4 Å². The van der Waals surface area contributed by atoms with Gasteiger partial charge in [-0.1, -0.05) is 0 Å². The average molecular weight is 430 g/mol. The highest BCUT2D eigenvalue weighted by Gasteiger charge is 2.28. The molecule has 0 N–H and O–H groups in total. The van der Waals surface area contributed by atoms with Crippen LogP contribution in [0.5, 0.6) is 0 Å². The van der Waals surface area contributed by atoms with Crippen molar-refractivity contribution in [1.82, 2.24) is 19.8 Å². The number of carbonyl (C=O) groups is 2. The fourth-order valence-electron chi connectivity index (χ4n) is 3.75. The van der Waals surface area contributed by atoms with E-state index < -0.39 is 11.6 Å². The molecule has 0 aliphatic carbocycles. The number of aromatic nitrogens is 2. The van der Waals surface area contributed by atoms with Crippen LogP contribution in [0.4, 0.5) is 8.78 Å². The van der Waals surface area contributed by atoms with E-state index >= 15 is 0 Å². The van der Waals surface area contributed by atoms with Crippen molar-refractivity contribution in [3.05, 3.63) is 57.4 Å². The summed E-state index contributed by atoms with van der Waals surface area (Å²) in [5.41, 5.74) is 1.82. The van der Waals surface area contributed by atoms with Gasteiger partial charge in [0, 0.05) is 42.8 Å².